The van der Waals surface area contributed by atoms with Gasteiger partial charge in [0, 0.05) is 19.9 Å². The minimum Gasteiger partial charge on any atom is -0.287 e. The summed E-state index contributed by atoms with van der Waals surface area (Å²) in [5.41, 5.74) is 1.12. The zero-order valence-electron chi connectivity index (χ0n) is 7.41. The standard InChI is InChI=1S/C10H5Br2NOS/c11-7-3-6(4-8(12)5-7)10(14)9-1-2-15-13-9/h1-5H. The molecule has 0 unspecified atom stereocenters. The number of halogens is 2. The van der Waals surface area contributed by atoms with Crippen LogP contribution < -0.4 is 0 Å². The minimum atomic E-state index is -0.0572. The van der Waals surface area contributed by atoms with Gasteiger partial charge in [0.1, 0.15) is 5.69 Å². The average Bonchev–Trinajstić information content (AvgIpc) is 2.67. The molecule has 0 saturated carbocycles. The van der Waals surface area contributed by atoms with Crippen LogP contribution in [0.5, 0.6) is 0 Å². The van der Waals surface area contributed by atoms with Crippen molar-refractivity contribution in [1.29, 1.82) is 0 Å². The summed E-state index contributed by atoms with van der Waals surface area (Å²) in [5.74, 6) is -0.0572. The SMILES string of the molecule is O=C(c1cc(Br)cc(Br)c1)c1ccsn1. The molecule has 1 aromatic heterocycles. The number of hydrogen-bond donors (Lipinski definition) is 0. The Morgan fingerprint density at radius 3 is 2.40 bits per heavy atom. The van der Waals surface area contributed by atoms with Crippen molar-refractivity contribution in [1.82, 2.24) is 4.37 Å². The van der Waals surface area contributed by atoms with Crippen molar-refractivity contribution in [3.8, 4) is 0 Å². The maximum atomic E-state index is 11.9. The van der Waals surface area contributed by atoms with E-state index in [-0.39, 0.29) is 5.78 Å². The second-order valence-electron chi connectivity index (χ2n) is 2.87. The van der Waals surface area contributed by atoms with Gasteiger partial charge in [-0.15, -0.1) is 0 Å². The summed E-state index contributed by atoms with van der Waals surface area (Å²) in [7, 11) is 0. The highest BCUT2D eigenvalue weighted by Crippen LogP contribution is 2.21. The van der Waals surface area contributed by atoms with E-state index in [4.69, 9.17) is 0 Å². The molecule has 76 valence electrons. The molecule has 2 rings (SSSR count). The number of carbonyl (C=O) groups is 1. The normalized spacial score (nSPS) is 10.3. The fourth-order valence-electron chi connectivity index (χ4n) is 1.16. The lowest BCUT2D eigenvalue weighted by Crippen LogP contribution is -2.01. The van der Waals surface area contributed by atoms with E-state index < -0.39 is 0 Å². The molecule has 0 radical (unpaired) electrons. The van der Waals surface area contributed by atoms with Gasteiger partial charge in [-0.25, -0.2) is 0 Å². The van der Waals surface area contributed by atoms with E-state index in [1.165, 1.54) is 11.5 Å². The van der Waals surface area contributed by atoms with Gasteiger partial charge in [0.25, 0.3) is 0 Å². The first-order chi connectivity index (χ1) is 7.16. The molecule has 1 heterocycles. The van der Waals surface area contributed by atoms with Crippen LogP contribution in [-0.4, -0.2) is 10.2 Å². The second kappa shape index (κ2) is 4.55. The number of carbonyl (C=O) groups excluding carboxylic acids is 1. The molecule has 0 aliphatic rings. The summed E-state index contributed by atoms with van der Waals surface area (Å²) in [4.78, 5) is 11.9. The monoisotopic (exact) mass is 345 g/mol. The smallest absolute Gasteiger partial charge is 0.212 e. The Morgan fingerprint density at radius 1 is 1.20 bits per heavy atom. The third-order valence-electron chi connectivity index (χ3n) is 1.80. The lowest BCUT2D eigenvalue weighted by Gasteiger charge is -2.00. The van der Waals surface area contributed by atoms with Crippen LogP contribution in [0.4, 0.5) is 0 Å². The molecule has 0 atom stereocenters. The summed E-state index contributed by atoms with van der Waals surface area (Å²) < 4.78 is 5.75. The van der Waals surface area contributed by atoms with Crippen LogP contribution in [0.15, 0.2) is 38.6 Å². The van der Waals surface area contributed by atoms with Crippen molar-refractivity contribution in [2.75, 3.05) is 0 Å². The topological polar surface area (TPSA) is 30.0 Å². The quantitative estimate of drug-likeness (QED) is 0.772. The molecule has 0 aliphatic carbocycles. The van der Waals surface area contributed by atoms with Crippen molar-refractivity contribution in [2.45, 2.75) is 0 Å². The Labute approximate surface area is 108 Å². The van der Waals surface area contributed by atoms with E-state index in [9.17, 15) is 4.79 Å². The average molecular weight is 347 g/mol. The van der Waals surface area contributed by atoms with Crippen molar-refractivity contribution in [3.05, 3.63) is 49.8 Å². The van der Waals surface area contributed by atoms with E-state index in [1.54, 1.807) is 23.6 Å². The Morgan fingerprint density at radius 2 is 1.87 bits per heavy atom. The number of rotatable bonds is 2. The molecule has 1 aromatic carbocycles. The molecule has 15 heavy (non-hydrogen) atoms. The fourth-order valence-corrected chi connectivity index (χ4v) is 2.96. The van der Waals surface area contributed by atoms with Crippen molar-refractivity contribution in [2.24, 2.45) is 0 Å². The lowest BCUT2D eigenvalue weighted by molar-refractivity contribution is 0.103. The first-order valence-corrected chi connectivity index (χ1v) is 6.50. The van der Waals surface area contributed by atoms with Gasteiger partial charge in [0.15, 0.2) is 0 Å². The van der Waals surface area contributed by atoms with E-state index in [0.717, 1.165) is 8.95 Å². The zero-order chi connectivity index (χ0) is 10.8. The Kier molecular flexibility index (Phi) is 3.33. The second-order valence-corrected chi connectivity index (χ2v) is 5.37. The number of nitrogens with zero attached hydrogens (tertiary/aromatic N) is 1. The zero-order valence-corrected chi connectivity index (χ0v) is 11.4. The lowest BCUT2D eigenvalue weighted by atomic mass is 10.1. The molecule has 0 amide bonds. The summed E-state index contributed by atoms with van der Waals surface area (Å²) in [6.45, 7) is 0. The highest BCUT2D eigenvalue weighted by molar-refractivity contribution is 9.11. The van der Waals surface area contributed by atoms with Crippen molar-refractivity contribution < 1.29 is 4.79 Å². The van der Waals surface area contributed by atoms with Gasteiger partial charge in [-0.1, -0.05) is 31.9 Å². The molecule has 0 saturated heterocycles. The van der Waals surface area contributed by atoms with E-state index in [0.29, 0.717) is 11.3 Å². The summed E-state index contributed by atoms with van der Waals surface area (Å²) in [6.07, 6.45) is 0. The van der Waals surface area contributed by atoms with Gasteiger partial charge in [-0.05, 0) is 35.8 Å². The van der Waals surface area contributed by atoms with Crippen LogP contribution in [0.25, 0.3) is 0 Å². The van der Waals surface area contributed by atoms with Crippen LogP contribution in [-0.2, 0) is 0 Å². The molecule has 0 bridgehead atoms. The predicted molar refractivity (Wildman–Crippen MR) is 67.4 cm³/mol. The predicted octanol–water partition coefficient (Wildman–Crippen LogP) is 3.90. The highest BCUT2D eigenvalue weighted by Gasteiger charge is 2.11. The molecule has 5 heteroatoms. The molecule has 0 fully saturated rings. The summed E-state index contributed by atoms with van der Waals surface area (Å²) in [5, 5.41) is 1.79. The van der Waals surface area contributed by atoms with Crippen LogP contribution in [0, 0.1) is 0 Å². The molecular formula is C10H5Br2NOS. The maximum absolute atomic E-state index is 11.9. The van der Waals surface area contributed by atoms with Crippen LogP contribution in [0.1, 0.15) is 16.1 Å². The molecule has 2 nitrogen and oxygen atoms in total. The maximum Gasteiger partial charge on any atom is 0.212 e. The number of benzene rings is 1. The highest BCUT2D eigenvalue weighted by atomic mass is 79.9. The van der Waals surface area contributed by atoms with Gasteiger partial charge >= 0.3 is 0 Å². The third kappa shape index (κ3) is 2.53. The molecule has 2 aromatic rings. The minimum absolute atomic E-state index is 0.0572. The van der Waals surface area contributed by atoms with Gasteiger partial charge in [-0.3, -0.25) is 4.79 Å². The van der Waals surface area contributed by atoms with Crippen molar-refractivity contribution in [3.63, 3.8) is 0 Å². The Balaban J connectivity index is 2.42. The van der Waals surface area contributed by atoms with E-state index in [1.807, 2.05) is 6.07 Å². The number of hydrogen-bond acceptors (Lipinski definition) is 3. The van der Waals surface area contributed by atoms with Gasteiger partial charge < -0.3 is 0 Å². The number of aromatic nitrogens is 1. The number of ketones is 1. The van der Waals surface area contributed by atoms with Crippen molar-refractivity contribution >= 4 is 49.2 Å². The molecule has 0 N–H and O–H groups in total. The molecule has 0 aliphatic heterocycles. The van der Waals surface area contributed by atoms with Crippen LogP contribution in [0.3, 0.4) is 0 Å². The van der Waals surface area contributed by atoms with Gasteiger partial charge in [-0.2, -0.15) is 4.37 Å². The Bertz CT molecular complexity index is 476. The third-order valence-corrected chi connectivity index (χ3v) is 3.27. The molecular weight excluding hydrogens is 342 g/mol. The van der Waals surface area contributed by atoms with E-state index >= 15 is 0 Å². The van der Waals surface area contributed by atoms with Crippen LogP contribution >= 0.6 is 43.4 Å². The largest absolute Gasteiger partial charge is 0.287 e. The van der Waals surface area contributed by atoms with E-state index in [2.05, 4.69) is 36.2 Å². The fraction of sp³-hybridized carbons (Fsp3) is 0. The van der Waals surface area contributed by atoms with Gasteiger partial charge in [0.05, 0.1) is 0 Å². The first-order valence-electron chi connectivity index (χ1n) is 4.08. The summed E-state index contributed by atoms with van der Waals surface area (Å²) >= 11 is 7.97. The Hall–Kier alpha value is -0.520. The first kappa shape index (κ1) is 11.0. The van der Waals surface area contributed by atoms with Gasteiger partial charge in [0.2, 0.25) is 5.78 Å². The summed E-state index contributed by atoms with van der Waals surface area (Å²) in [6, 6.07) is 7.18. The molecule has 0 spiro atoms. The van der Waals surface area contributed by atoms with Crippen LogP contribution in [0.2, 0.25) is 0 Å².